The summed E-state index contributed by atoms with van der Waals surface area (Å²) < 4.78 is 33.2. The molecule has 0 amide bonds. The Morgan fingerprint density at radius 2 is 1.85 bits per heavy atom. The summed E-state index contributed by atoms with van der Waals surface area (Å²) >= 11 is 6.05. The fourth-order valence-corrected chi connectivity index (χ4v) is 3.49. The standard InChI is InChI=1S/C18H24ClN3O3S/c1-22(2)10-3-11-25-18-9-4-15(19)12-14(18)13-21-26(23,24)17-7-5-16(20)6-8-17/h4-9,12,21H,3,10-11,13,20H2,1-2H3. The van der Waals surface area contributed by atoms with Crippen LogP contribution in [-0.4, -0.2) is 40.6 Å². The molecule has 8 heteroatoms. The van der Waals surface area contributed by atoms with Gasteiger partial charge in [0.15, 0.2) is 0 Å². The number of nitrogen functional groups attached to an aromatic ring is 1. The summed E-state index contributed by atoms with van der Waals surface area (Å²) in [6.45, 7) is 1.53. The summed E-state index contributed by atoms with van der Waals surface area (Å²) in [5, 5.41) is 0.521. The molecule has 0 aliphatic carbocycles. The molecule has 0 heterocycles. The smallest absolute Gasteiger partial charge is 0.240 e. The second-order valence-electron chi connectivity index (χ2n) is 6.15. The number of anilines is 1. The first-order valence-corrected chi connectivity index (χ1v) is 10.1. The van der Waals surface area contributed by atoms with Gasteiger partial charge in [0.2, 0.25) is 10.0 Å². The highest BCUT2D eigenvalue weighted by atomic mass is 35.5. The zero-order valence-electron chi connectivity index (χ0n) is 14.9. The summed E-state index contributed by atoms with van der Waals surface area (Å²) in [6, 6.07) is 11.2. The lowest BCUT2D eigenvalue weighted by molar-refractivity contribution is 0.279. The number of halogens is 1. The molecule has 0 atom stereocenters. The highest BCUT2D eigenvalue weighted by molar-refractivity contribution is 7.89. The molecule has 0 unspecified atom stereocenters. The normalized spacial score (nSPS) is 11.7. The molecule has 0 aliphatic heterocycles. The van der Waals surface area contributed by atoms with Crippen molar-refractivity contribution in [2.24, 2.45) is 0 Å². The summed E-state index contributed by atoms with van der Waals surface area (Å²) in [5.41, 5.74) is 6.79. The number of rotatable bonds is 9. The summed E-state index contributed by atoms with van der Waals surface area (Å²) in [6.07, 6.45) is 0.867. The first-order valence-electron chi connectivity index (χ1n) is 8.19. The highest BCUT2D eigenvalue weighted by Crippen LogP contribution is 2.24. The lowest BCUT2D eigenvalue weighted by Crippen LogP contribution is -2.23. The van der Waals surface area contributed by atoms with Crippen LogP contribution in [0.5, 0.6) is 5.75 Å². The van der Waals surface area contributed by atoms with E-state index in [0.717, 1.165) is 13.0 Å². The van der Waals surface area contributed by atoms with Crippen LogP contribution in [-0.2, 0) is 16.6 Å². The maximum atomic E-state index is 12.4. The number of benzene rings is 2. The fraction of sp³-hybridized carbons (Fsp3) is 0.333. The Hall–Kier alpha value is -1.80. The maximum absolute atomic E-state index is 12.4. The van der Waals surface area contributed by atoms with Crippen molar-refractivity contribution >= 4 is 27.3 Å². The van der Waals surface area contributed by atoms with Crippen molar-refractivity contribution in [3.8, 4) is 5.75 Å². The van der Waals surface area contributed by atoms with Crippen molar-refractivity contribution in [1.29, 1.82) is 0 Å². The van der Waals surface area contributed by atoms with Crippen LogP contribution in [0.3, 0.4) is 0 Å². The number of nitrogens with zero attached hydrogens (tertiary/aromatic N) is 1. The van der Waals surface area contributed by atoms with Crippen molar-refractivity contribution < 1.29 is 13.2 Å². The second kappa shape index (κ2) is 9.23. The Kier molecular flexibility index (Phi) is 7.28. The van der Waals surface area contributed by atoms with Gasteiger partial charge in [-0.25, -0.2) is 13.1 Å². The molecule has 0 saturated heterocycles. The van der Waals surface area contributed by atoms with Gasteiger partial charge in [-0.1, -0.05) is 11.6 Å². The molecule has 0 radical (unpaired) electrons. The molecule has 6 nitrogen and oxygen atoms in total. The quantitative estimate of drug-likeness (QED) is 0.502. The molecule has 0 spiro atoms. The van der Waals surface area contributed by atoms with Gasteiger partial charge >= 0.3 is 0 Å². The van der Waals surface area contributed by atoms with Gasteiger partial charge in [0.05, 0.1) is 11.5 Å². The molecule has 0 saturated carbocycles. The van der Waals surface area contributed by atoms with Crippen LogP contribution in [0.2, 0.25) is 5.02 Å². The van der Waals surface area contributed by atoms with Crippen molar-refractivity contribution in [3.05, 3.63) is 53.1 Å². The van der Waals surface area contributed by atoms with E-state index in [4.69, 9.17) is 22.1 Å². The average Bonchev–Trinajstić information content (AvgIpc) is 2.58. The van der Waals surface area contributed by atoms with Gasteiger partial charge in [0.25, 0.3) is 0 Å². The minimum atomic E-state index is -3.65. The van der Waals surface area contributed by atoms with E-state index in [9.17, 15) is 8.42 Å². The maximum Gasteiger partial charge on any atom is 0.240 e. The van der Waals surface area contributed by atoms with E-state index in [2.05, 4.69) is 9.62 Å². The molecule has 0 fully saturated rings. The van der Waals surface area contributed by atoms with Crippen LogP contribution in [0.1, 0.15) is 12.0 Å². The third kappa shape index (κ3) is 6.17. The van der Waals surface area contributed by atoms with Gasteiger partial charge in [0, 0.05) is 29.4 Å². The Balaban J connectivity index is 2.05. The predicted molar refractivity (Wildman–Crippen MR) is 105 cm³/mol. The molecule has 0 bridgehead atoms. The molecule has 0 aliphatic rings. The van der Waals surface area contributed by atoms with Crippen LogP contribution in [0, 0.1) is 0 Å². The van der Waals surface area contributed by atoms with Gasteiger partial charge in [0.1, 0.15) is 5.75 Å². The predicted octanol–water partition coefficient (Wildman–Crippen LogP) is 2.73. The number of hydrogen-bond donors (Lipinski definition) is 2. The molecule has 3 N–H and O–H groups in total. The number of nitrogens with one attached hydrogen (secondary N) is 1. The van der Waals surface area contributed by atoms with Crippen molar-refractivity contribution in [2.45, 2.75) is 17.9 Å². The van der Waals surface area contributed by atoms with Gasteiger partial charge in [-0.05, 0) is 63.0 Å². The number of hydrogen-bond acceptors (Lipinski definition) is 5. The average molecular weight is 398 g/mol. The minimum absolute atomic E-state index is 0.0796. The number of sulfonamides is 1. The van der Waals surface area contributed by atoms with Crippen LogP contribution >= 0.6 is 11.6 Å². The Morgan fingerprint density at radius 3 is 2.50 bits per heavy atom. The van der Waals surface area contributed by atoms with Crippen LogP contribution in [0.4, 0.5) is 5.69 Å². The van der Waals surface area contributed by atoms with E-state index >= 15 is 0 Å². The summed E-state index contributed by atoms with van der Waals surface area (Å²) in [7, 11) is 0.347. The van der Waals surface area contributed by atoms with Gasteiger partial charge in [-0.3, -0.25) is 0 Å². The molecule has 26 heavy (non-hydrogen) atoms. The first kappa shape index (κ1) is 20.5. The van der Waals surface area contributed by atoms with Crippen LogP contribution in [0.15, 0.2) is 47.4 Å². The zero-order valence-corrected chi connectivity index (χ0v) is 16.5. The SMILES string of the molecule is CN(C)CCCOc1ccc(Cl)cc1CNS(=O)(=O)c1ccc(N)cc1. The zero-order chi connectivity index (χ0) is 19.2. The summed E-state index contributed by atoms with van der Waals surface area (Å²) in [4.78, 5) is 2.23. The Labute approximate surface area is 160 Å². The van der Waals surface area contributed by atoms with Crippen LogP contribution in [0.25, 0.3) is 0 Å². The molecule has 0 aromatic heterocycles. The molecule has 2 rings (SSSR count). The Morgan fingerprint density at radius 1 is 1.15 bits per heavy atom. The lowest BCUT2D eigenvalue weighted by atomic mass is 10.2. The van der Waals surface area contributed by atoms with E-state index in [0.29, 0.717) is 28.6 Å². The van der Waals surface area contributed by atoms with Crippen molar-refractivity contribution in [3.63, 3.8) is 0 Å². The monoisotopic (exact) mass is 397 g/mol. The third-order valence-corrected chi connectivity index (χ3v) is 5.33. The van der Waals surface area contributed by atoms with E-state index in [1.807, 2.05) is 14.1 Å². The molecule has 2 aromatic rings. The topological polar surface area (TPSA) is 84.7 Å². The first-order chi connectivity index (χ1) is 12.3. The number of nitrogens with two attached hydrogens (primary N) is 1. The minimum Gasteiger partial charge on any atom is -0.493 e. The molecule has 142 valence electrons. The van der Waals surface area contributed by atoms with Gasteiger partial charge in [-0.15, -0.1) is 0 Å². The van der Waals surface area contributed by atoms with E-state index in [1.54, 1.807) is 30.3 Å². The Bertz CT molecular complexity index is 824. The largest absolute Gasteiger partial charge is 0.493 e. The van der Waals surface area contributed by atoms with Gasteiger partial charge in [-0.2, -0.15) is 0 Å². The van der Waals surface area contributed by atoms with Crippen molar-refractivity contribution in [2.75, 3.05) is 33.0 Å². The van der Waals surface area contributed by atoms with E-state index in [1.165, 1.54) is 12.1 Å². The molecular weight excluding hydrogens is 374 g/mol. The van der Waals surface area contributed by atoms with E-state index < -0.39 is 10.0 Å². The van der Waals surface area contributed by atoms with Crippen LogP contribution < -0.4 is 15.2 Å². The highest BCUT2D eigenvalue weighted by Gasteiger charge is 2.15. The van der Waals surface area contributed by atoms with E-state index in [-0.39, 0.29) is 11.4 Å². The number of ether oxygens (including phenoxy) is 1. The van der Waals surface area contributed by atoms with Crippen molar-refractivity contribution in [1.82, 2.24) is 9.62 Å². The second-order valence-corrected chi connectivity index (χ2v) is 8.35. The van der Waals surface area contributed by atoms with Gasteiger partial charge < -0.3 is 15.4 Å². The molecule has 2 aromatic carbocycles. The lowest BCUT2D eigenvalue weighted by Gasteiger charge is -2.14. The third-order valence-electron chi connectivity index (χ3n) is 3.67. The molecular formula is C18H24ClN3O3S. The fourth-order valence-electron chi connectivity index (χ4n) is 2.29. The summed E-state index contributed by atoms with van der Waals surface area (Å²) in [5.74, 6) is 0.619.